The fourth-order valence-corrected chi connectivity index (χ4v) is 4.58. The summed E-state index contributed by atoms with van der Waals surface area (Å²) < 4.78 is 2.84. The first kappa shape index (κ1) is 23.4. The number of carbonyl (C=O) groups is 1. The number of hydrogen-bond acceptors (Lipinski definition) is 4. The first-order chi connectivity index (χ1) is 16.0. The third-order valence-corrected chi connectivity index (χ3v) is 6.81. The first-order valence-corrected chi connectivity index (χ1v) is 11.8. The molecule has 4 rings (SSSR count). The molecule has 3 aromatic rings. The summed E-state index contributed by atoms with van der Waals surface area (Å²) in [4.78, 5) is 29.6. The molecule has 2 heterocycles. The van der Waals surface area contributed by atoms with Crippen LogP contribution in [0.3, 0.4) is 0 Å². The van der Waals surface area contributed by atoms with Crippen molar-refractivity contribution >= 4 is 17.4 Å². The molecular formula is C25H31ClN5O2+. The van der Waals surface area contributed by atoms with Gasteiger partial charge in [-0.15, -0.1) is 0 Å². The van der Waals surface area contributed by atoms with Crippen LogP contribution >= 0.6 is 11.6 Å². The highest BCUT2D eigenvalue weighted by Crippen LogP contribution is 2.22. The van der Waals surface area contributed by atoms with Gasteiger partial charge in [0.2, 0.25) is 5.69 Å². The molecule has 0 bridgehead atoms. The van der Waals surface area contributed by atoms with Gasteiger partial charge in [-0.1, -0.05) is 29.8 Å². The van der Waals surface area contributed by atoms with Gasteiger partial charge >= 0.3 is 0 Å². The molecule has 1 fully saturated rings. The minimum absolute atomic E-state index is 0.0789. The van der Waals surface area contributed by atoms with Crippen molar-refractivity contribution in [2.24, 2.45) is 13.0 Å². The SMILES string of the molecule is Cc1c(CNCCN2CCC(C(=O)c3ccc(Cl)cc3)CC2)[n+](=O)n(-c2ccccc2)n1C. The van der Waals surface area contributed by atoms with E-state index in [-0.39, 0.29) is 11.7 Å². The van der Waals surface area contributed by atoms with E-state index < -0.39 is 0 Å². The summed E-state index contributed by atoms with van der Waals surface area (Å²) in [6.45, 7) is 5.97. The number of benzene rings is 2. The molecule has 1 aromatic heterocycles. The van der Waals surface area contributed by atoms with Crippen molar-refractivity contribution in [3.05, 3.63) is 81.5 Å². The zero-order chi connectivity index (χ0) is 23.4. The predicted molar refractivity (Wildman–Crippen MR) is 129 cm³/mol. The third kappa shape index (κ3) is 5.27. The summed E-state index contributed by atoms with van der Waals surface area (Å²) in [6, 6.07) is 16.8. The van der Waals surface area contributed by atoms with Crippen molar-refractivity contribution in [2.45, 2.75) is 26.3 Å². The summed E-state index contributed by atoms with van der Waals surface area (Å²) in [6.07, 6.45) is 1.74. The van der Waals surface area contributed by atoms with E-state index >= 15 is 0 Å². The number of Topliss-reactive ketones (excluding diaryl/α,β-unsaturated/α-hetero) is 1. The van der Waals surface area contributed by atoms with E-state index in [9.17, 15) is 9.70 Å². The predicted octanol–water partition coefficient (Wildman–Crippen LogP) is 3.38. The molecule has 0 aliphatic carbocycles. The van der Waals surface area contributed by atoms with Gasteiger partial charge in [0.15, 0.2) is 11.5 Å². The van der Waals surface area contributed by atoms with Crippen LogP contribution in [0.5, 0.6) is 0 Å². The molecule has 0 radical (unpaired) electrons. The fraction of sp³-hybridized carbons (Fsp3) is 0.400. The van der Waals surface area contributed by atoms with Crippen LogP contribution in [0.2, 0.25) is 5.02 Å². The van der Waals surface area contributed by atoms with E-state index in [1.807, 2.05) is 61.1 Å². The van der Waals surface area contributed by atoms with E-state index in [4.69, 9.17) is 11.6 Å². The fourth-order valence-electron chi connectivity index (χ4n) is 4.45. The molecule has 0 spiro atoms. The molecule has 0 unspecified atom stereocenters. The average molecular weight is 469 g/mol. The Kier molecular flexibility index (Phi) is 7.42. The van der Waals surface area contributed by atoms with Crippen molar-refractivity contribution < 1.29 is 9.34 Å². The molecular weight excluding hydrogens is 438 g/mol. The number of carbonyl (C=O) groups excluding carboxylic acids is 1. The molecule has 8 heteroatoms. The number of halogens is 1. The maximum Gasteiger partial charge on any atom is 0.236 e. The lowest BCUT2D eigenvalue weighted by Crippen LogP contribution is -2.40. The lowest BCUT2D eigenvalue weighted by Gasteiger charge is -2.31. The van der Waals surface area contributed by atoms with Gasteiger partial charge in [0.25, 0.3) is 0 Å². The molecule has 1 saturated heterocycles. The van der Waals surface area contributed by atoms with Gasteiger partial charge in [-0.2, -0.15) is 4.68 Å². The Morgan fingerprint density at radius 2 is 1.76 bits per heavy atom. The minimum Gasteiger partial charge on any atom is -0.308 e. The smallest absolute Gasteiger partial charge is 0.236 e. The molecule has 33 heavy (non-hydrogen) atoms. The molecule has 2 aromatic carbocycles. The molecule has 7 nitrogen and oxygen atoms in total. The number of rotatable bonds is 8. The Morgan fingerprint density at radius 1 is 1.09 bits per heavy atom. The topological polar surface area (TPSA) is 65.2 Å². The Hall–Kier alpha value is -2.74. The van der Waals surface area contributed by atoms with Crippen molar-refractivity contribution in [2.75, 3.05) is 26.2 Å². The number of nitrogens with zero attached hydrogens (tertiary/aromatic N) is 4. The van der Waals surface area contributed by atoms with Gasteiger partial charge in [-0.05, 0) is 72.0 Å². The van der Waals surface area contributed by atoms with E-state index in [0.29, 0.717) is 17.3 Å². The van der Waals surface area contributed by atoms with Gasteiger partial charge in [0, 0.05) is 36.5 Å². The normalized spacial score (nSPS) is 15.1. The summed E-state index contributed by atoms with van der Waals surface area (Å²) in [5.74, 6) is 0.297. The largest absolute Gasteiger partial charge is 0.308 e. The van der Waals surface area contributed by atoms with Crippen LogP contribution in [0.25, 0.3) is 5.69 Å². The highest BCUT2D eigenvalue weighted by molar-refractivity contribution is 6.30. The second-order valence-electron chi connectivity index (χ2n) is 8.62. The molecule has 174 valence electrons. The van der Waals surface area contributed by atoms with Crippen molar-refractivity contribution in [3.63, 3.8) is 0 Å². The van der Waals surface area contributed by atoms with Gasteiger partial charge in [-0.3, -0.25) is 4.79 Å². The van der Waals surface area contributed by atoms with Gasteiger partial charge in [0.05, 0.1) is 11.1 Å². The van der Waals surface area contributed by atoms with Crippen LogP contribution < -0.4 is 9.86 Å². The number of nitrogens with one attached hydrogen (secondary N) is 1. The molecule has 0 saturated carbocycles. The van der Waals surface area contributed by atoms with E-state index in [1.165, 1.54) is 0 Å². The summed E-state index contributed by atoms with van der Waals surface area (Å²) in [7, 11) is 1.90. The third-order valence-electron chi connectivity index (χ3n) is 6.56. The number of aromatic nitrogens is 3. The van der Waals surface area contributed by atoms with Crippen LogP contribution in [0.4, 0.5) is 0 Å². The summed E-state index contributed by atoms with van der Waals surface area (Å²) in [5, 5.41) is 4.07. The van der Waals surface area contributed by atoms with Crippen molar-refractivity contribution in [1.82, 2.24) is 19.7 Å². The van der Waals surface area contributed by atoms with E-state index in [0.717, 1.165) is 60.5 Å². The number of piperidine rings is 1. The standard InChI is InChI=1S/C25H31ClN5O2/c1-19-24(31(33)30(28(19)2)23-6-4-3-5-7-23)18-27-14-17-29-15-12-21(13-16-29)25(32)20-8-10-22(26)11-9-20/h3-11,21,27H,12-18H2,1-2H3/q+1. The monoisotopic (exact) mass is 468 g/mol. The zero-order valence-electron chi connectivity index (χ0n) is 19.2. The van der Waals surface area contributed by atoms with Crippen LogP contribution in [-0.4, -0.2) is 46.3 Å². The Bertz CT molecular complexity index is 1150. The second-order valence-corrected chi connectivity index (χ2v) is 9.05. The van der Waals surface area contributed by atoms with Crippen LogP contribution in [0, 0.1) is 17.7 Å². The van der Waals surface area contributed by atoms with Crippen LogP contribution in [0.1, 0.15) is 34.6 Å². The lowest BCUT2D eigenvalue weighted by atomic mass is 9.89. The number of likely N-dealkylation sites (tertiary alicyclic amines) is 1. The van der Waals surface area contributed by atoms with Crippen molar-refractivity contribution in [1.29, 1.82) is 0 Å². The highest BCUT2D eigenvalue weighted by atomic mass is 35.5. The number of para-hydroxylation sites is 1. The summed E-state index contributed by atoms with van der Waals surface area (Å²) in [5.41, 5.74) is 3.23. The quantitative estimate of drug-likeness (QED) is 0.313. The van der Waals surface area contributed by atoms with Crippen LogP contribution in [-0.2, 0) is 13.6 Å². The van der Waals surface area contributed by atoms with Crippen LogP contribution in [0.15, 0.2) is 54.6 Å². The lowest BCUT2D eigenvalue weighted by molar-refractivity contribution is -0.597. The number of hydrogen-bond donors (Lipinski definition) is 1. The Morgan fingerprint density at radius 3 is 2.42 bits per heavy atom. The summed E-state index contributed by atoms with van der Waals surface area (Å²) >= 11 is 5.93. The maximum atomic E-state index is 12.9. The van der Waals surface area contributed by atoms with E-state index in [1.54, 1.807) is 16.9 Å². The maximum absolute atomic E-state index is 12.9. The second kappa shape index (κ2) is 10.5. The Balaban J connectivity index is 1.26. The molecule has 1 N–H and O–H groups in total. The van der Waals surface area contributed by atoms with Gasteiger partial charge < -0.3 is 10.2 Å². The van der Waals surface area contributed by atoms with Gasteiger partial charge in [0.1, 0.15) is 12.7 Å². The van der Waals surface area contributed by atoms with Crippen molar-refractivity contribution in [3.8, 4) is 5.69 Å². The zero-order valence-corrected chi connectivity index (χ0v) is 20.0. The highest BCUT2D eigenvalue weighted by Gasteiger charge is 2.26. The Labute approximate surface area is 199 Å². The average Bonchev–Trinajstić information content (AvgIpc) is 3.05. The first-order valence-electron chi connectivity index (χ1n) is 11.4. The molecule has 1 aliphatic heterocycles. The van der Waals surface area contributed by atoms with Gasteiger partial charge in [-0.25, -0.2) is 0 Å². The number of ketones is 1. The molecule has 1 aliphatic rings. The molecule has 0 atom stereocenters. The van der Waals surface area contributed by atoms with E-state index in [2.05, 4.69) is 10.2 Å². The minimum atomic E-state index is 0.0789. The molecule has 0 amide bonds.